The molecule has 2 aliphatic carbocycles. The van der Waals surface area contributed by atoms with Gasteiger partial charge in [0.15, 0.2) is 17.9 Å². The Morgan fingerprint density at radius 1 is 1.00 bits per heavy atom. The van der Waals surface area contributed by atoms with Gasteiger partial charge in [0, 0.05) is 75.1 Å². The van der Waals surface area contributed by atoms with Gasteiger partial charge in [-0.05, 0) is 19.9 Å². The second-order valence-electron chi connectivity index (χ2n) is 12.6. The number of phenolic OH excluding ortho intramolecular Hbond substituents is 2. The van der Waals surface area contributed by atoms with Gasteiger partial charge in [0.1, 0.15) is 22.8 Å². The molecular weight excluding hydrogens is 600 g/mol. The standard InChI is InChI=1S/C33H38N2O11/c1-15-28(38)20(35-10-8-34(9-11-35)17(3)37)12-23(45-15)46-22-14-33(43,16(2)36)13-19-25(22)32(42)27-26(30(19)40)29(39)18-6-5-7-21(44-4)24(18)31(27)41/h5-7,15,20,22-23,28,38,40,42-43H,8-14H2,1-4H3/t15-,20?,22-,23-,28+,33-/m0/s1. The lowest BCUT2D eigenvalue weighted by molar-refractivity contribution is -0.259. The molecule has 2 fully saturated rings. The van der Waals surface area contributed by atoms with Gasteiger partial charge < -0.3 is 39.5 Å². The van der Waals surface area contributed by atoms with Crippen LogP contribution in [0.25, 0.3) is 0 Å². The first kappa shape index (κ1) is 32.1. The Hall–Kier alpha value is -3.88. The third-order valence-electron chi connectivity index (χ3n) is 9.95. The van der Waals surface area contributed by atoms with Gasteiger partial charge in [-0.1, -0.05) is 12.1 Å². The van der Waals surface area contributed by atoms with E-state index in [2.05, 4.69) is 4.90 Å². The number of methoxy groups -OCH3 is 1. The lowest BCUT2D eigenvalue weighted by Gasteiger charge is -2.47. The van der Waals surface area contributed by atoms with Crippen molar-refractivity contribution >= 4 is 23.3 Å². The second-order valence-corrected chi connectivity index (χ2v) is 12.6. The fourth-order valence-electron chi connectivity index (χ4n) is 7.33. The van der Waals surface area contributed by atoms with Crippen molar-refractivity contribution in [2.45, 2.75) is 76.3 Å². The first-order valence-corrected chi connectivity index (χ1v) is 15.4. The quantitative estimate of drug-likeness (QED) is 0.294. The monoisotopic (exact) mass is 638 g/mol. The van der Waals surface area contributed by atoms with Crippen molar-refractivity contribution in [1.82, 2.24) is 9.80 Å². The molecule has 2 aliphatic heterocycles. The summed E-state index contributed by atoms with van der Waals surface area (Å²) < 4.78 is 17.7. The van der Waals surface area contributed by atoms with Crippen molar-refractivity contribution < 1.29 is 53.8 Å². The maximum absolute atomic E-state index is 13.9. The summed E-state index contributed by atoms with van der Waals surface area (Å²) in [6.07, 6.45) is -4.38. The number of aliphatic hydroxyl groups excluding tert-OH is 1. The maximum Gasteiger partial charge on any atom is 0.219 e. The number of fused-ring (bicyclic) bond motifs is 3. The van der Waals surface area contributed by atoms with E-state index >= 15 is 0 Å². The summed E-state index contributed by atoms with van der Waals surface area (Å²) in [5.74, 6) is -3.21. The molecule has 4 aliphatic rings. The van der Waals surface area contributed by atoms with E-state index in [9.17, 15) is 39.6 Å². The van der Waals surface area contributed by atoms with Gasteiger partial charge in [0.2, 0.25) is 11.7 Å². The molecule has 6 atom stereocenters. The van der Waals surface area contributed by atoms with E-state index in [1.54, 1.807) is 11.8 Å². The molecule has 0 spiro atoms. The Bertz CT molecular complexity index is 1630. The highest BCUT2D eigenvalue weighted by molar-refractivity contribution is 6.31. The summed E-state index contributed by atoms with van der Waals surface area (Å²) in [6, 6.07) is 4.04. The van der Waals surface area contributed by atoms with Crippen molar-refractivity contribution in [3.63, 3.8) is 0 Å². The lowest BCUT2D eigenvalue weighted by Crippen LogP contribution is -2.60. The Kier molecular flexibility index (Phi) is 8.18. The molecule has 13 nitrogen and oxygen atoms in total. The Morgan fingerprint density at radius 2 is 1.67 bits per heavy atom. The van der Waals surface area contributed by atoms with Crippen molar-refractivity contribution in [2.75, 3.05) is 33.3 Å². The number of nitrogens with zero attached hydrogens (tertiary/aromatic N) is 2. The number of aromatic hydroxyl groups is 2. The van der Waals surface area contributed by atoms with Crippen LogP contribution in [0.3, 0.4) is 0 Å². The van der Waals surface area contributed by atoms with E-state index in [1.165, 1.54) is 39.2 Å². The zero-order chi connectivity index (χ0) is 33.2. The molecule has 0 saturated carbocycles. The minimum atomic E-state index is -2.03. The number of ether oxygens (including phenoxy) is 3. The maximum atomic E-state index is 13.9. The van der Waals surface area contributed by atoms with Crippen LogP contribution in [0.2, 0.25) is 0 Å². The van der Waals surface area contributed by atoms with Crippen LogP contribution in [-0.4, -0.2) is 117 Å². The summed E-state index contributed by atoms with van der Waals surface area (Å²) in [4.78, 5) is 55.9. The molecule has 2 saturated heterocycles. The molecule has 46 heavy (non-hydrogen) atoms. The molecule has 246 valence electrons. The molecular formula is C33H38N2O11. The topological polar surface area (TPSA) is 183 Å². The first-order chi connectivity index (χ1) is 21.8. The van der Waals surface area contributed by atoms with Crippen LogP contribution >= 0.6 is 0 Å². The van der Waals surface area contributed by atoms with Crippen LogP contribution in [0.1, 0.15) is 82.7 Å². The molecule has 0 bridgehead atoms. The molecule has 13 heteroatoms. The highest BCUT2D eigenvalue weighted by atomic mass is 16.7. The SMILES string of the molecule is COc1cccc2c1C(=O)c1c(O)c3c(c(O)c1C2=O)C[C@@](O)(C(C)=O)C[C@@H]3O[C@H]1CC(N2CCN(C(C)=O)CC2)[C@H](O)[C@H](C)O1. The van der Waals surface area contributed by atoms with Gasteiger partial charge in [-0.3, -0.25) is 24.1 Å². The van der Waals surface area contributed by atoms with Crippen molar-refractivity contribution in [2.24, 2.45) is 0 Å². The number of Topliss-reactive ketones (excluding diaryl/α,β-unsaturated/α-hetero) is 1. The van der Waals surface area contributed by atoms with Gasteiger partial charge in [0.25, 0.3) is 0 Å². The second kappa shape index (κ2) is 11.7. The number of hydrogen-bond donors (Lipinski definition) is 4. The zero-order valence-electron chi connectivity index (χ0n) is 26.1. The van der Waals surface area contributed by atoms with Gasteiger partial charge in [-0.15, -0.1) is 0 Å². The van der Waals surface area contributed by atoms with Crippen LogP contribution < -0.4 is 4.74 Å². The number of carbonyl (C=O) groups excluding carboxylic acids is 4. The van der Waals surface area contributed by atoms with E-state index in [4.69, 9.17) is 14.2 Å². The van der Waals surface area contributed by atoms with Crippen molar-refractivity contribution in [3.05, 3.63) is 51.6 Å². The number of phenols is 2. The molecule has 2 aromatic carbocycles. The van der Waals surface area contributed by atoms with Gasteiger partial charge in [-0.2, -0.15) is 0 Å². The van der Waals surface area contributed by atoms with E-state index < -0.39 is 82.6 Å². The van der Waals surface area contributed by atoms with Crippen LogP contribution in [0.5, 0.6) is 17.2 Å². The van der Waals surface area contributed by atoms with Gasteiger partial charge in [-0.25, -0.2) is 0 Å². The summed E-state index contributed by atoms with van der Waals surface area (Å²) in [5, 5.41) is 45.8. The van der Waals surface area contributed by atoms with Crippen LogP contribution in [0, 0.1) is 0 Å². The predicted octanol–water partition coefficient (Wildman–Crippen LogP) is 1.23. The third kappa shape index (κ3) is 5.06. The highest BCUT2D eigenvalue weighted by Gasteiger charge is 2.50. The Balaban J connectivity index is 1.39. The summed E-state index contributed by atoms with van der Waals surface area (Å²) in [6.45, 7) is 6.45. The minimum Gasteiger partial charge on any atom is -0.507 e. The van der Waals surface area contributed by atoms with Gasteiger partial charge >= 0.3 is 0 Å². The summed E-state index contributed by atoms with van der Waals surface area (Å²) in [7, 11) is 1.35. The number of aliphatic hydroxyl groups is 2. The molecule has 1 amide bonds. The first-order valence-electron chi connectivity index (χ1n) is 15.4. The average molecular weight is 639 g/mol. The smallest absolute Gasteiger partial charge is 0.219 e. The van der Waals surface area contributed by atoms with Gasteiger partial charge in [0.05, 0.1) is 42.1 Å². The number of ketones is 3. The fraction of sp³-hybridized carbons (Fsp3) is 0.515. The zero-order valence-corrected chi connectivity index (χ0v) is 26.1. The molecule has 2 heterocycles. The number of rotatable bonds is 5. The summed E-state index contributed by atoms with van der Waals surface area (Å²) in [5.41, 5.74) is -3.07. The molecule has 0 radical (unpaired) electrons. The number of hydrogen-bond acceptors (Lipinski definition) is 12. The molecule has 2 aromatic rings. The lowest BCUT2D eigenvalue weighted by atomic mass is 9.72. The number of carbonyl (C=O) groups is 4. The van der Waals surface area contributed by atoms with E-state index in [0.717, 1.165) is 0 Å². The fourth-order valence-corrected chi connectivity index (χ4v) is 7.33. The van der Waals surface area contributed by atoms with Crippen LogP contribution in [0.15, 0.2) is 18.2 Å². The van der Waals surface area contributed by atoms with E-state index in [-0.39, 0.29) is 46.8 Å². The molecule has 1 unspecified atom stereocenters. The predicted molar refractivity (Wildman–Crippen MR) is 160 cm³/mol. The Labute approximate surface area is 265 Å². The van der Waals surface area contributed by atoms with Crippen molar-refractivity contribution in [1.29, 1.82) is 0 Å². The highest BCUT2D eigenvalue weighted by Crippen LogP contribution is 2.52. The number of amides is 1. The minimum absolute atomic E-state index is 0.0183. The van der Waals surface area contributed by atoms with Crippen LogP contribution in [-0.2, 0) is 25.5 Å². The van der Waals surface area contributed by atoms with E-state index in [1.807, 2.05) is 0 Å². The van der Waals surface area contributed by atoms with E-state index in [0.29, 0.717) is 26.2 Å². The third-order valence-corrected chi connectivity index (χ3v) is 9.95. The Morgan fingerprint density at radius 3 is 2.30 bits per heavy atom. The van der Waals surface area contributed by atoms with Crippen LogP contribution in [0.4, 0.5) is 0 Å². The van der Waals surface area contributed by atoms with Crippen molar-refractivity contribution in [3.8, 4) is 17.2 Å². The molecule has 0 aromatic heterocycles. The number of piperazine rings is 1. The largest absolute Gasteiger partial charge is 0.507 e. The molecule has 4 N–H and O–H groups in total. The number of benzene rings is 2. The normalized spacial score (nSPS) is 29.5. The molecule has 6 rings (SSSR count). The average Bonchev–Trinajstić information content (AvgIpc) is 3.02. The summed E-state index contributed by atoms with van der Waals surface area (Å²) >= 11 is 0.